The smallest absolute Gasteiger partial charge is 0.407 e. The number of hydrogen-bond acceptors (Lipinski definition) is 3. The molecule has 4 heteroatoms. The van der Waals surface area contributed by atoms with E-state index >= 15 is 0 Å². The Morgan fingerprint density at radius 3 is 2.31 bits per heavy atom. The molecule has 2 N–H and O–H groups in total. The van der Waals surface area contributed by atoms with Gasteiger partial charge in [-0.25, -0.2) is 4.79 Å². The Bertz CT molecular complexity index is 794. The molecule has 1 unspecified atom stereocenters. The second-order valence-electron chi connectivity index (χ2n) is 7.03. The van der Waals surface area contributed by atoms with E-state index in [0.717, 1.165) is 0 Å². The number of alkyl carbamates (subject to hydrolysis) is 1. The van der Waals surface area contributed by atoms with E-state index in [1.807, 2.05) is 31.2 Å². The fourth-order valence-corrected chi connectivity index (χ4v) is 3.36. The Kier molecular flexibility index (Phi) is 5.29. The summed E-state index contributed by atoms with van der Waals surface area (Å²) in [7, 11) is 0. The maximum Gasteiger partial charge on any atom is 0.407 e. The predicted octanol–water partition coefficient (Wildman–Crippen LogP) is 3.55. The molecule has 1 aliphatic rings. The molecule has 134 valence electrons. The van der Waals surface area contributed by atoms with Crippen molar-refractivity contribution in [2.75, 3.05) is 19.8 Å². The van der Waals surface area contributed by atoms with Crippen LogP contribution in [0.15, 0.2) is 48.5 Å². The molecule has 1 aliphatic carbocycles. The molecule has 2 aromatic rings. The Labute approximate surface area is 154 Å². The van der Waals surface area contributed by atoms with Crippen molar-refractivity contribution in [3.63, 3.8) is 0 Å². The van der Waals surface area contributed by atoms with E-state index in [9.17, 15) is 9.90 Å². The predicted molar refractivity (Wildman–Crippen MR) is 102 cm³/mol. The molecule has 4 nitrogen and oxygen atoms in total. The van der Waals surface area contributed by atoms with Gasteiger partial charge in [0.25, 0.3) is 0 Å². The first-order chi connectivity index (χ1) is 12.6. The van der Waals surface area contributed by atoms with Gasteiger partial charge in [0.2, 0.25) is 0 Å². The lowest BCUT2D eigenvalue weighted by Crippen LogP contribution is -2.38. The summed E-state index contributed by atoms with van der Waals surface area (Å²) in [6.45, 7) is 2.27. The van der Waals surface area contributed by atoms with Crippen LogP contribution in [0.2, 0.25) is 0 Å². The van der Waals surface area contributed by atoms with E-state index in [-0.39, 0.29) is 25.7 Å². The van der Waals surface area contributed by atoms with Gasteiger partial charge in [-0.3, -0.25) is 0 Å². The number of aliphatic hydroxyl groups excluding tert-OH is 1. The summed E-state index contributed by atoms with van der Waals surface area (Å²) in [4.78, 5) is 12.1. The second-order valence-corrected chi connectivity index (χ2v) is 7.03. The van der Waals surface area contributed by atoms with Crippen molar-refractivity contribution in [2.45, 2.75) is 19.3 Å². The van der Waals surface area contributed by atoms with Gasteiger partial charge in [0.05, 0.1) is 6.61 Å². The number of nitrogens with one attached hydrogen (secondary N) is 1. The largest absolute Gasteiger partial charge is 0.449 e. The van der Waals surface area contributed by atoms with Crippen LogP contribution in [0.3, 0.4) is 0 Å². The van der Waals surface area contributed by atoms with E-state index in [1.165, 1.54) is 22.3 Å². The normalized spacial score (nSPS) is 14.7. The minimum absolute atomic E-state index is 0.0306. The molecule has 26 heavy (non-hydrogen) atoms. The zero-order chi connectivity index (χ0) is 18.6. The van der Waals surface area contributed by atoms with Crippen LogP contribution in [0.4, 0.5) is 4.79 Å². The summed E-state index contributed by atoms with van der Waals surface area (Å²) < 4.78 is 5.47. The molecule has 0 radical (unpaired) electrons. The Morgan fingerprint density at radius 2 is 1.77 bits per heavy atom. The van der Waals surface area contributed by atoms with Gasteiger partial charge in [-0.2, -0.15) is 0 Å². The first kappa shape index (κ1) is 18.0. The van der Waals surface area contributed by atoms with Crippen LogP contribution in [-0.2, 0) is 4.74 Å². The third kappa shape index (κ3) is 3.58. The number of terminal acetylenes is 1. The number of rotatable bonds is 6. The lowest BCUT2D eigenvalue weighted by atomic mass is 9.88. The highest BCUT2D eigenvalue weighted by molar-refractivity contribution is 5.79. The maximum atomic E-state index is 12.1. The van der Waals surface area contributed by atoms with Crippen molar-refractivity contribution in [3.05, 3.63) is 59.7 Å². The summed E-state index contributed by atoms with van der Waals surface area (Å²) in [5.74, 6) is 2.56. The molecular formula is C22H23NO3. The van der Waals surface area contributed by atoms with E-state index in [4.69, 9.17) is 11.2 Å². The highest BCUT2D eigenvalue weighted by Crippen LogP contribution is 2.44. The van der Waals surface area contributed by atoms with E-state index in [1.54, 1.807) is 0 Å². The lowest BCUT2D eigenvalue weighted by Gasteiger charge is -2.25. The van der Waals surface area contributed by atoms with Gasteiger partial charge in [-0.05, 0) is 22.3 Å². The Hall–Kier alpha value is -2.77. The first-order valence-electron chi connectivity index (χ1n) is 8.71. The molecule has 0 spiro atoms. The summed E-state index contributed by atoms with van der Waals surface area (Å²) in [6, 6.07) is 16.4. The van der Waals surface area contributed by atoms with Gasteiger partial charge < -0.3 is 15.2 Å². The van der Waals surface area contributed by atoms with Crippen LogP contribution in [0.25, 0.3) is 11.1 Å². The minimum atomic E-state index is -0.541. The summed E-state index contributed by atoms with van der Waals surface area (Å²) in [5.41, 5.74) is 4.20. The van der Waals surface area contributed by atoms with Gasteiger partial charge in [-0.1, -0.05) is 55.5 Å². The number of ether oxygens (including phenoxy) is 1. The monoisotopic (exact) mass is 349 g/mol. The van der Waals surface area contributed by atoms with Crippen LogP contribution in [0.5, 0.6) is 0 Å². The fraction of sp³-hybridized carbons (Fsp3) is 0.318. The topological polar surface area (TPSA) is 58.6 Å². The quantitative estimate of drug-likeness (QED) is 0.784. The van der Waals surface area contributed by atoms with Crippen LogP contribution >= 0.6 is 0 Å². The van der Waals surface area contributed by atoms with Crippen molar-refractivity contribution in [2.24, 2.45) is 5.41 Å². The molecule has 0 aromatic heterocycles. The number of hydrogen-bond donors (Lipinski definition) is 2. The number of fused-ring (bicyclic) bond motifs is 3. The molecule has 0 heterocycles. The van der Waals surface area contributed by atoms with Gasteiger partial charge in [-0.15, -0.1) is 12.3 Å². The summed E-state index contributed by atoms with van der Waals surface area (Å²) >= 11 is 0. The highest BCUT2D eigenvalue weighted by atomic mass is 16.5. The van der Waals surface area contributed by atoms with Crippen LogP contribution in [-0.4, -0.2) is 31.0 Å². The van der Waals surface area contributed by atoms with Crippen LogP contribution < -0.4 is 5.32 Å². The summed E-state index contributed by atoms with van der Waals surface area (Å²) in [5, 5.41) is 12.2. The molecule has 0 saturated heterocycles. The fourth-order valence-electron chi connectivity index (χ4n) is 3.36. The molecular weight excluding hydrogens is 326 g/mol. The Morgan fingerprint density at radius 1 is 1.19 bits per heavy atom. The molecule has 2 aromatic carbocycles. The molecule has 1 atom stereocenters. The number of aliphatic hydroxyl groups is 1. The van der Waals surface area contributed by atoms with Gasteiger partial charge in [0, 0.05) is 24.3 Å². The third-order valence-corrected chi connectivity index (χ3v) is 4.91. The molecule has 1 amide bonds. The molecule has 0 fully saturated rings. The number of carbonyl (C=O) groups is 1. The van der Waals surface area contributed by atoms with Crippen LogP contribution in [0, 0.1) is 17.8 Å². The average Bonchev–Trinajstić information content (AvgIpc) is 2.99. The first-order valence-corrected chi connectivity index (χ1v) is 8.71. The molecule has 0 saturated carbocycles. The van der Waals surface area contributed by atoms with E-state index in [0.29, 0.717) is 6.42 Å². The van der Waals surface area contributed by atoms with Crippen molar-refractivity contribution in [3.8, 4) is 23.5 Å². The highest BCUT2D eigenvalue weighted by Gasteiger charge is 2.29. The number of carbonyl (C=O) groups excluding carboxylic acids is 1. The number of amides is 1. The number of benzene rings is 2. The average molecular weight is 349 g/mol. The third-order valence-electron chi connectivity index (χ3n) is 4.91. The van der Waals surface area contributed by atoms with Crippen LogP contribution in [0.1, 0.15) is 30.4 Å². The molecule has 0 bridgehead atoms. The van der Waals surface area contributed by atoms with Gasteiger partial charge >= 0.3 is 6.09 Å². The van der Waals surface area contributed by atoms with Crippen molar-refractivity contribution < 1.29 is 14.6 Å². The van der Waals surface area contributed by atoms with Crippen molar-refractivity contribution in [1.29, 1.82) is 0 Å². The minimum Gasteiger partial charge on any atom is -0.449 e. The van der Waals surface area contributed by atoms with E-state index < -0.39 is 11.5 Å². The molecule has 3 rings (SSSR count). The standard InChI is InChI=1S/C22H23NO3/c1-3-12-22(2,15-24)14-23-21(25)26-13-20-18-10-6-4-8-16(18)17-9-5-7-11-19(17)20/h1,4-11,20,24H,12-15H2,2H3,(H,23,25). The van der Waals surface area contributed by atoms with E-state index in [2.05, 4.69) is 35.5 Å². The second kappa shape index (κ2) is 7.63. The van der Waals surface area contributed by atoms with Gasteiger partial charge in [0.1, 0.15) is 6.61 Å². The summed E-state index contributed by atoms with van der Waals surface area (Å²) in [6.07, 6.45) is 5.21. The SMILES string of the molecule is C#CCC(C)(CO)CNC(=O)OCC1c2ccccc2-c2ccccc21. The maximum absolute atomic E-state index is 12.1. The zero-order valence-corrected chi connectivity index (χ0v) is 14.9. The molecule has 0 aliphatic heterocycles. The van der Waals surface area contributed by atoms with Gasteiger partial charge in [0.15, 0.2) is 0 Å². The zero-order valence-electron chi connectivity index (χ0n) is 14.9. The van der Waals surface area contributed by atoms with Crippen molar-refractivity contribution in [1.82, 2.24) is 5.32 Å². The Balaban J connectivity index is 1.65. The van der Waals surface area contributed by atoms with Crippen molar-refractivity contribution >= 4 is 6.09 Å². The lowest BCUT2D eigenvalue weighted by molar-refractivity contribution is 0.120.